The van der Waals surface area contributed by atoms with Gasteiger partial charge in [0.25, 0.3) is 5.91 Å². The lowest BCUT2D eigenvalue weighted by Gasteiger charge is -2.20. The van der Waals surface area contributed by atoms with E-state index < -0.39 is 10.2 Å². The molecule has 2 heterocycles. The molecule has 0 N–H and O–H groups in total. The zero-order chi connectivity index (χ0) is 26.3. The van der Waals surface area contributed by atoms with Gasteiger partial charge in [0.1, 0.15) is 11.4 Å². The number of hydrogen-bond donors (Lipinski definition) is 0. The Kier molecular flexibility index (Phi) is 6.18. The number of hydrogen-bond acceptors (Lipinski definition) is 5. The number of carbonyl (C=O) groups is 1. The fourth-order valence-corrected chi connectivity index (χ4v) is 5.66. The zero-order valence-electron chi connectivity index (χ0n) is 20.9. The second-order valence-electron chi connectivity index (χ2n) is 8.71. The van der Waals surface area contributed by atoms with Crippen molar-refractivity contribution in [1.29, 1.82) is 0 Å². The number of ether oxygens (including phenoxy) is 1. The van der Waals surface area contributed by atoms with E-state index in [0.717, 1.165) is 4.31 Å². The van der Waals surface area contributed by atoms with Crippen molar-refractivity contribution in [3.63, 3.8) is 0 Å². The van der Waals surface area contributed by atoms with Gasteiger partial charge in [-0.25, -0.2) is 8.96 Å². The Morgan fingerprint density at radius 1 is 0.865 bits per heavy atom. The van der Waals surface area contributed by atoms with Crippen molar-refractivity contribution in [2.75, 3.05) is 33.2 Å². The molecule has 8 nitrogen and oxygen atoms in total. The number of benzene rings is 3. The largest absolute Gasteiger partial charge is 0.496 e. The molecule has 0 fully saturated rings. The Hall–Kier alpha value is -4.21. The van der Waals surface area contributed by atoms with E-state index in [1.807, 2.05) is 60.7 Å². The summed E-state index contributed by atoms with van der Waals surface area (Å²) in [5.74, 6) is 0.210. The van der Waals surface area contributed by atoms with Crippen LogP contribution in [0.15, 0.2) is 85.1 Å². The van der Waals surface area contributed by atoms with E-state index in [9.17, 15) is 13.2 Å². The van der Waals surface area contributed by atoms with Crippen molar-refractivity contribution >= 4 is 43.6 Å². The maximum Gasteiger partial charge on any atom is 0.308 e. The van der Waals surface area contributed by atoms with Crippen LogP contribution in [0.25, 0.3) is 32.9 Å². The molecule has 0 atom stereocenters. The van der Waals surface area contributed by atoms with Gasteiger partial charge in [-0.2, -0.15) is 12.7 Å². The van der Waals surface area contributed by atoms with E-state index >= 15 is 0 Å². The fraction of sp³-hybridized carbons (Fsp3) is 0.143. The molecule has 0 saturated heterocycles. The molecular formula is C28H26N4O4S. The normalized spacial score (nSPS) is 11.8. The zero-order valence-corrected chi connectivity index (χ0v) is 21.7. The third-order valence-corrected chi connectivity index (χ3v) is 8.17. The average molecular weight is 515 g/mol. The molecule has 5 aromatic rings. The summed E-state index contributed by atoms with van der Waals surface area (Å²) in [7, 11) is 2.31. The van der Waals surface area contributed by atoms with Crippen LogP contribution >= 0.6 is 0 Å². The Balaban J connectivity index is 1.93. The average Bonchev–Trinajstić information content (AvgIpc) is 3.27. The topological polar surface area (TPSA) is 84.7 Å². The first kappa shape index (κ1) is 24.5. The lowest BCUT2D eigenvalue weighted by Crippen LogP contribution is -2.29. The molecule has 0 aliphatic heterocycles. The number of pyridine rings is 1. The molecule has 2 aromatic heterocycles. The standard InChI is InChI=1S/C28H26N4O4S/c1-30(2)37(34,35)32-22-16-10-8-14-20(22)25-23(32)18-29-27(26(25)21-15-9-11-17-24(21)36-4)28(33)31(3)19-12-6-5-7-13-19/h5-18H,1-4H3. The molecule has 0 radical (unpaired) electrons. The van der Waals surface area contributed by atoms with Crippen LogP contribution in [0.5, 0.6) is 5.75 Å². The van der Waals surface area contributed by atoms with E-state index in [1.165, 1.54) is 29.2 Å². The minimum Gasteiger partial charge on any atom is -0.496 e. The summed E-state index contributed by atoms with van der Waals surface area (Å²) >= 11 is 0. The predicted molar refractivity (Wildman–Crippen MR) is 146 cm³/mol. The van der Waals surface area contributed by atoms with Crippen molar-refractivity contribution in [2.24, 2.45) is 0 Å². The number of methoxy groups -OCH3 is 1. The van der Waals surface area contributed by atoms with Gasteiger partial charge in [0.2, 0.25) is 0 Å². The number of anilines is 1. The van der Waals surface area contributed by atoms with Gasteiger partial charge in [-0.15, -0.1) is 0 Å². The van der Waals surface area contributed by atoms with Crippen LogP contribution < -0.4 is 9.64 Å². The van der Waals surface area contributed by atoms with Crippen LogP contribution in [-0.4, -0.2) is 55.8 Å². The number of fused-ring (bicyclic) bond motifs is 3. The van der Waals surface area contributed by atoms with Crippen LogP contribution in [0, 0.1) is 0 Å². The molecule has 37 heavy (non-hydrogen) atoms. The first-order valence-electron chi connectivity index (χ1n) is 11.6. The van der Waals surface area contributed by atoms with Gasteiger partial charge in [-0.3, -0.25) is 4.79 Å². The SMILES string of the molecule is COc1ccccc1-c1c(C(=O)N(C)c2ccccc2)ncc2c1c1ccccc1n2S(=O)(=O)N(C)C. The van der Waals surface area contributed by atoms with Crippen LogP contribution in [0.2, 0.25) is 0 Å². The molecule has 0 saturated carbocycles. The molecule has 0 aliphatic carbocycles. The van der Waals surface area contributed by atoms with Gasteiger partial charge < -0.3 is 9.64 Å². The highest BCUT2D eigenvalue weighted by molar-refractivity contribution is 7.87. The van der Waals surface area contributed by atoms with Crippen molar-refractivity contribution in [1.82, 2.24) is 13.3 Å². The summed E-state index contributed by atoms with van der Waals surface area (Å²) in [4.78, 5) is 20.0. The van der Waals surface area contributed by atoms with E-state index in [0.29, 0.717) is 44.4 Å². The minimum absolute atomic E-state index is 0.188. The number of para-hydroxylation sites is 3. The highest BCUT2D eigenvalue weighted by atomic mass is 32.2. The van der Waals surface area contributed by atoms with Crippen LogP contribution in [-0.2, 0) is 10.2 Å². The van der Waals surface area contributed by atoms with E-state index in [1.54, 1.807) is 32.4 Å². The maximum absolute atomic E-state index is 13.9. The fourth-order valence-electron chi connectivity index (χ4n) is 4.53. The number of nitrogens with zero attached hydrogens (tertiary/aromatic N) is 4. The molecule has 1 amide bonds. The summed E-state index contributed by atoms with van der Waals surface area (Å²) in [6.45, 7) is 0. The molecular weight excluding hydrogens is 488 g/mol. The quantitative estimate of drug-likeness (QED) is 0.325. The number of rotatable bonds is 6. The molecule has 3 aromatic carbocycles. The van der Waals surface area contributed by atoms with E-state index in [2.05, 4.69) is 4.98 Å². The van der Waals surface area contributed by atoms with Crippen molar-refractivity contribution < 1.29 is 17.9 Å². The molecule has 0 bridgehead atoms. The summed E-state index contributed by atoms with van der Waals surface area (Å²) in [6, 6.07) is 23.9. The Bertz CT molecular complexity index is 1740. The number of carbonyl (C=O) groups excluding carboxylic acids is 1. The minimum atomic E-state index is -3.91. The Morgan fingerprint density at radius 2 is 1.51 bits per heavy atom. The lowest BCUT2D eigenvalue weighted by molar-refractivity contribution is 0.0989. The molecule has 5 rings (SSSR count). The van der Waals surface area contributed by atoms with Gasteiger partial charge in [0.15, 0.2) is 0 Å². The monoisotopic (exact) mass is 514 g/mol. The molecule has 0 unspecified atom stereocenters. The second kappa shape index (κ2) is 9.34. The Morgan fingerprint density at radius 3 is 2.22 bits per heavy atom. The third kappa shape index (κ3) is 3.92. The van der Waals surface area contributed by atoms with Crippen molar-refractivity contribution in [3.8, 4) is 16.9 Å². The van der Waals surface area contributed by atoms with Gasteiger partial charge in [0.05, 0.1) is 24.3 Å². The van der Waals surface area contributed by atoms with Crippen LogP contribution in [0.4, 0.5) is 5.69 Å². The highest BCUT2D eigenvalue weighted by Crippen LogP contribution is 2.42. The maximum atomic E-state index is 13.9. The molecule has 0 aliphatic rings. The first-order valence-corrected chi connectivity index (χ1v) is 13.0. The predicted octanol–water partition coefficient (Wildman–Crippen LogP) is 4.80. The lowest BCUT2D eigenvalue weighted by atomic mass is 9.96. The first-order chi connectivity index (χ1) is 17.8. The van der Waals surface area contributed by atoms with Crippen LogP contribution in [0.1, 0.15) is 10.5 Å². The molecule has 188 valence electrons. The van der Waals surface area contributed by atoms with E-state index in [4.69, 9.17) is 4.74 Å². The van der Waals surface area contributed by atoms with Gasteiger partial charge in [-0.05, 0) is 24.3 Å². The summed E-state index contributed by atoms with van der Waals surface area (Å²) in [6.07, 6.45) is 1.46. The van der Waals surface area contributed by atoms with Gasteiger partial charge in [-0.1, -0.05) is 54.6 Å². The smallest absolute Gasteiger partial charge is 0.308 e. The number of aromatic nitrogens is 2. The summed E-state index contributed by atoms with van der Waals surface area (Å²) in [5.41, 5.74) is 2.90. The second-order valence-corrected chi connectivity index (χ2v) is 10.7. The van der Waals surface area contributed by atoms with E-state index in [-0.39, 0.29) is 11.6 Å². The summed E-state index contributed by atoms with van der Waals surface area (Å²) in [5, 5.41) is 1.29. The molecule has 0 spiro atoms. The van der Waals surface area contributed by atoms with Gasteiger partial charge in [0, 0.05) is 48.7 Å². The molecule has 9 heteroatoms. The summed E-state index contributed by atoms with van der Waals surface area (Å²) < 4.78 is 35.0. The van der Waals surface area contributed by atoms with Gasteiger partial charge >= 0.3 is 10.2 Å². The Labute approximate surface area is 215 Å². The number of amides is 1. The van der Waals surface area contributed by atoms with Crippen molar-refractivity contribution in [3.05, 3.63) is 90.8 Å². The highest BCUT2D eigenvalue weighted by Gasteiger charge is 2.30. The van der Waals surface area contributed by atoms with Crippen LogP contribution in [0.3, 0.4) is 0 Å². The van der Waals surface area contributed by atoms with Crippen molar-refractivity contribution in [2.45, 2.75) is 0 Å². The third-order valence-electron chi connectivity index (χ3n) is 6.39.